The predicted molar refractivity (Wildman–Crippen MR) is 115 cm³/mol. The first-order valence-corrected chi connectivity index (χ1v) is 10.5. The number of nitrogens with one attached hydrogen (secondary N) is 1. The van der Waals surface area contributed by atoms with E-state index in [9.17, 15) is 0 Å². The van der Waals surface area contributed by atoms with Gasteiger partial charge in [0.25, 0.3) is 0 Å². The summed E-state index contributed by atoms with van der Waals surface area (Å²) in [5.74, 6) is 2.41. The van der Waals surface area contributed by atoms with Gasteiger partial charge >= 0.3 is 0 Å². The van der Waals surface area contributed by atoms with Crippen LogP contribution in [0.15, 0.2) is 54.9 Å². The zero-order chi connectivity index (χ0) is 18.9. The number of ether oxygens (including phenoxy) is 1. The Morgan fingerprint density at radius 3 is 2.39 bits per heavy atom. The number of fused-ring (bicyclic) bond motifs is 3. The van der Waals surface area contributed by atoms with Gasteiger partial charge in [0.2, 0.25) is 0 Å². The van der Waals surface area contributed by atoms with E-state index in [1.807, 2.05) is 59.9 Å². The zero-order valence-corrected chi connectivity index (χ0v) is 16.7. The van der Waals surface area contributed by atoms with E-state index in [2.05, 4.69) is 15.3 Å². The number of hydrogen-bond donors (Lipinski definition) is 1. The summed E-state index contributed by atoms with van der Waals surface area (Å²) in [6, 6.07) is 15.2. The molecule has 0 atom stereocenters. The van der Waals surface area contributed by atoms with Gasteiger partial charge in [-0.1, -0.05) is 11.6 Å². The molecule has 0 amide bonds. The first-order valence-electron chi connectivity index (χ1n) is 9.32. The van der Waals surface area contributed by atoms with E-state index >= 15 is 0 Å². The van der Waals surface area contributed by atoms with Gasteiger partial charge in [0, 0.05) is 15.6 Å². The van der Waals surface area contributed by atoms with Crippen LogP contribution in [0.5, 0.6) is 11.5 Å². The molecule has 0 fully saturated rings. The molecule has 6 heteroatoms. The molecule has 4 aromatic rings. The van der Waals surface area contributed by atoms with Crippen LogP contribution in [0.4, 0.5) is 11.5 Å². The van der Waals surface area contributed by atoms with E-state index in [4.69, 9.17) is 16.3 Å². The Morgan fingerprint density at radius 1 is 0.893 bits per heavy atom. The monoisotopic (exact) mass is 407 g/mol. The van der Waals surface area contributed by atoms with E-state index in [1.165, 1.54) is 28.7 Å². The van der Waals surface area contributed by atoms with Crippen molar-refractivity contribution in [3.8, 4) is 11.5 Å². The van der Waals surface area contributed by atoms with Crippen LogP contribution in [-0.4, -0.2) is 9.97 Å². The molecule has 140 valence electrons. The van der Waals surface area contributed by atoms with Crippen LogP contribution in [0.25, 0.3) is 10.2 Å². The smallest absolute Gasteiger partial charge is 0.142 e. The standard InChI is InChI=1S/C22H18ClN3OS/c23-14-5-9-16(10-6-14)27-17-11-7-15(8-12-17)26-21-20-18-3-1-2-4-19(18)28-22(20)25-13-24-21/h5-13H,1-4H2,(H,24,25,26). The quantitative estimate of drug-likeness (QED) is 0.406. The number of anilines is 2. The number of thiophene rings is 1. The summed E-state index contributed by atoms with van der Waals surface area (Å²) in [6.07, 6.45) is 6.43. The van der Waals surface area contributed by atoms with Crippen LogP contribution in [0.3, 0.4) is 0 Å². The number of nitrogens with zero attached hydrogens (tertiary/aromatic N) is 2. The number of hydrogen-bond acceptors (Lipinski definition) is 5. The van der Waals surface area contributed by atoms with Crippen molar-refractivity contribution in [1.29, 1.82) is 0 Å². The van der Waals surface area contributed by atoms with E-state index in [1.54, 1.807) is 6.33 Å². The Kier molecular flexibility index (Phi) is 4.63. The molecule has 0 spiro atoms. The van der Waals surface area contributed by atoms with Crippen molar-refractivity contribution in [3.63, 3.8) is 0 Å². The second kappa shape index (κ2) is 7.41. The normalized spacial score (nSPS) is 13.3. The fraction of sp³-hybridized carbons (Fsp3) is 0.182. The van der Waals surface area contributed by atoms with Gasteiger partial charge in [-0.2, -0.15) is 0 Å². The van der Waals surface area contributed by atoms with Crippen LogP contribution < -0.4 is 10.1 Å². The summed E-state index contributed by atoms with van der Waals surface area (Å²) in [6.45, 7) is 0. The Labute approximate surface area is 172 Å². The molecule has 1 N–H and O–H groups in total. The molecular weight excluding hydrogens is 390 g/mol. The molecule has 1 aliphatic rings. The summed E-state index contributed by atoms with van der Waals surface area (Å²) in [4.78, 5) is 11.6. The van der Waals surface area contributed by atoms with Gasteiger partial charge in [0.15, 0.2) is 0 Å². The second-order valence-corrected chi connectivity index (χ2v) is 8.34. The van der Waals surface area contributed by atoms with Gasteiger partial charge in [-0.05, 0) is 79.8 Å². The van der Waals surface area contributed by atoms with E-state index < -0.39 is 0 Å². The van der Waals surface area contributed by atoms with Gasteiger partial charge in [-0.3, -0.25) is 0 Å². The van der Waals surface area contributed by atoms with Crippen molar-refractivity contribution in [2.75, 3.05) is 5.32 Å². The Bertz CT molecular complexity index is 1120. The molecule has 1 aliphatic carbocycles. The maximum absolute atomic E-state index is 5.92. The minimum Gasteiger partial charge on any atom is -0.457 e. The molecule has 2 aromatic carbocycles. The highest BCUT2D eigenvalue weighted by Gasteiger charge is 2.19. The van der Waals surface area contributed by atoms with Crippen LogP contribution in [-0.2, 0) is 12.8 Å². The first-order chi connectivity index (χ1) is 13.8. The van der Waals surface area contributed by atoms with Crippen LogP contribution in [0.2, 0.25) is 5.02 Å². The summed E-state index contributed by atoms with van der Waals surface area (Å²) in [5.41, 5.74) is 2.40. The molecule has 28 heavy (non-hydrogen) atoms. The molecule has 2 aromatic heterocycles. The number of rotatable bonds is 4. The van der Waals surface area contributed by atoms with Crippen molar-refractivity contribution in [3.05, 3.63) is 70.3 Å². The molecule has 4 nitrogen and oxygen atoms in total. The highest BCUT2D eigenvalue weighted by Crippen LogP contribution is 2.39. The van der Waals surface area contributed by atoms with Gasteiger partial charge < -0.3 is 10.1 Å². The Balaban J connectivity index is 1.39. The van der Waals surface area contributed by atoms with Gasteiger partial charge in [0.1, 0.15) is 28.5 Å². The topological polar surface area (TPSA) is 47.0 Å². The molecule has 5 rings (SSSR count). The molecule has 0 saturated heterocycles. The van der Waals surface area contributed by atoms with Gasteiger partial charge in [-0.15, -0.1) is 11.3 Å². The van der Waals surface area contributed by atoms with Crippen molar-refractivity contribution in [1.82, 2.24) is 9.97 Å². The average molecular weight is 408 g/mol. The SMILES string of the molecule is Clc1ccc(Oc2ccc(Nc3ncnc4sc5c(c34)CCCC5)cc2)cc1. The lowest BCUT2D eigenvalue weighted by Gasteiger charge is -2.13. The lowest BCUT2D eigenvalue weighted by molar-refractivity contribution is 0.483. The number of aryl methyl sites for hydroxylation is 2. The third-order valence-electron chi connectivity index (χ3n) is 4.92. The van der Waals surface area contributed by atoms with Crippen molar-refractivity contribution in [2.45, 2.75) is 25.7 Å². The first kappa shape index (κ1) is 17.5. The molecule has 2 heterocycles. The third kappa shape index (κ3) is 3.43. The van der Waals surface area contributed by atoms with Crippen LogP contribution in [0.1, 0.15) is 23.3 Å². The minimum atomic E-state index is 0.693. The van der Waals surface area contributed by atoms with Gasteiger partial charge in [0.05, 0.1) is 5.39 Å². The van der Waals surface area contributed by atoms with Crippen molar-refractivity contribution < 1.29 is 4.74 Å². The van der Waals surface area contributed by atoms with Crippen molar-refractivity contribution in [2.24, 2.45) is 0 Å². The molecule has 0 saturated carbocycles. The molecular formula is C22H18ClN3OS. The minimum absolute atomic E-state index is 0.693. The fourth-order valence-electron chi connectivity index (χ4n) is 3.57. The highest BCUT2D eigenvalue weighted by atomic mass is 35.5. The number of halogens is 1. The summed E-state index contributed by atoms with van der Waals surface area (Å²) in [7, 11) is 0. The lowest BCUT2D eigenvalue weighted by Crippen LogP contribution is -2.01. The molecule has 0 radical (unpaired) electrons. The van der Waals surface area contributed by atoms with Crippen LogP contribution in [0, 0.1) is 0 Å². The summed E-state index contributed by atoms with van der Waals surface area (Å²) in [5, 5.41) is 5.34. The van der Waals surface area contributed by atoms with E-state index in [0.717, 1.165) is 40.7 Å². The summed E-state index contributed by atoms with van der Waals surface area (Å²) < 4.78 is 5.86. The van der Waals surface area contributed by atoms with Gasteiger partial charge in [-0.25, -0.2) is 9.97 Å². The highest BCUT2D eigenvalue weighted by molar-refractivity contribution is 7.19. The van der Waals surface area contributed by atoms with E-state index in [-0.39, 0.29) is 0 Å². The third-order valence-corrected chi connectivity index (χ3v) is 6.37. The second-order valence-electron chi connectivity index (χ2n) is 6.82. The molecule has 0 bridgehead atoms. The lowest BCUT2D eigenvalue weighted by atomic mass is 9.97. The fourth-order valence-corrected chi connectivity index (χ4v) is 4.92. The number of aromatic nitrogens is 2. The van der Waals surface area contributed by atoms with Crippen LogP contribution >= 0.6 is 22.9 Å². The zero-order valence-electron chi connectivity index (χ0n) is 15.1. The van der Waals surface area contributed by atoms with Crippen molar-refractivity contribution >= 4 is 44.7 Å². The molecule has 0 aliphatic heterocycles. The molecule has 0 unspecified atom stereocenters. The maximum Gasteiger partial charge on any atom is 0.142 e. The Morgan fingerprint density at radius 2 is 1.61 bits per heavy atom. The van der Waals surface area contributed by atoms with E-state index in [0.29, 0.717) is 5.02 Å². The number of benzene rings is 2. The largest absolute Gasteiger partial charge is 0.457 e. The Hall–Kier alpha value is -2.63. The predicted octanol–water partition coefficient (Wildman–Crippen LogP) is 6.76. The average Bonchev–Trinajstić information content (AvgIpc) is 3.11. The summed E-state index contributed by atoms with van der Waals surface area (Å²) >= 11 is 7.73. The maximum atomic E-state index is 5.92.